The summed E-state index contributed by atoms with van der Waals surface area (Å²) in [6, 6.07) is 11.3. The van der Waals surface area contributed by atoms with Crippen LogP contribution in [0, 0.1) is 10.1 Å². The van der Waals surface area contributed by atoms with Crippen LogP contribution in [0.1, 0.15) is 15.9 Å². The molecular formula is C16H14ClNO5. The second kappa shape index (κ2) is 7.60. The zero-order chi connectivity index (χ0) is 16.8. The Bertz CT molecular complexity index is 732. The van der Waals surface area contributed by atoms with E-state index < -0.39 is 10.9 Å². The van der Waals surface area contributed by atoms with Crippen molar-refractivity contribution in [1.29, 1.82) is 0 Å². The van der Waals surface area contributed by atoms with E-state index in [1.54, 1.807) is 6.07 Å². The maximum atomic E-state index is 11.4. The first-order chi connectivity index (χ1) is 11.0. The highest BCUT2D eigenvalue weighted by Gasteiger charge is 2.19. The molecule has 0 radical (unpaired) electrons. The Morgan fingerprint density at radius 3 is 2.65 bits per heavy atom. The van der Waals surface area contributed by atoms with Gasteiger partial charge in [-0.15, -0.1) is 0 Å². The molecule has 0 heterocycles. The summed E-state index contributed by atoms with van der Waals surface area (Å²) in [5, 5.41) is 11.7. The molecule has 0 spiro atoms. The van der Waals surface area contributed by atoms with E-state index in [1.165, 1.54) is 19.2 Å². The molecule has 0 aliphatic carbocycles. The van der Waals surface area contributed by atoms with E-state index in [-0.39, 0.29) is 23.6 Å². The third kappa shape index (κ3) is 4.20. The Morgan fingerprint density at radius 2 is 2.00 bits per heavy atom. The summed E-state index contributed by atoms with van der Waals surface area (Å²) in [5.41, 5.74) is 0.702. The Morgan fingerprint density at radius 1 is 1.26 bits per heavy atom. The van der Waals surface area contributed by atoms with E-state index in [0.717, 1.165) is 11.6 Å². The van der Waals surface area contributed by atoms with E-state index in [4.69, 9.17) is 16.3 Å². The summed E-state index contributed by atoms with van der Waals surface area (Å²) in [4.78, 5) is 22.0. The maximum absolute atomic E-state index is 11.4. The number of hydrogen-bond donors (Lipinski definition) is 0. The van der Waals surface area contributed by atoms with Crippen LogP contribution < -0.4 is 4.74 Å². The van der Waals surface area contributed by atoms with Gasteiger partial charge >= 0.3 is 11.7 Å². The third-order valence-electron chi connectivity index (χ3n) is 3.16. The van der Waals surface area contributed by atoms with Crippen LogP contribution in [0.25, 0.3) is 0 Å². The lowest BCUT2D eigenvalue weighted by Gasteiger charge is -2.08. The Hall–Kier alpha value is -2.60. The number of ether oxygens (including phenoxy) is 2. The maximum Gasteiger partial charge on any atom is 0.338 e. The molecule has 0 aliphatic heterocycles. The molecular weight excluding hydrogens is 322 g/mol. The molecule has 0 atom stereocenters. The van der Waals surface area contributed by atoms with Crippen LogP contribution in [0.4, 0.5) is 5.69 Å². The van der Waals surface area contributed by atoms with E-state index in [2.05, 4.69) is 4.74 Å². The van der Waals surface area contributed by atoms with Gasteiger partial charge in [-0.05, 0) is 23.8 Å². The Kier molecular flexibility index (Phi) is 5.54. The number of halogens is 1. The van der Waals surface area contributed by atoms with Gasteiger partial charge < -0.3 is 9.47 Å². The summed E-state index contributed by atoms with van der Waals surface area (Å²) < 4.78 is 10.0. The Labute approximate surface area is 137 Å². The van der Waals surface area contributed by atoms with Crippen molar-refractivity contribution in [2.75, 3.05) is 13.7 Å². The van der Waals surface area contributed by atoms with Crippen molar-refractivity contribution in [2.24, 2.45) is 0 Å². The number of nitro benzene ring substituents is 1. The number of benzene rings is 2. The van der Waals surface area contributed by atoms with Crippen molar-refractivity contribution >= 4 is 23.3 Å². The minimum Gasteiger partial charge on any atom is -0.486 e. The molecule has 0 N–H and O–H groups in total. The summed E-state index contributed by atoms with van der Waals surface area (Å²) in [6.45, 7) is 0.224. The number of methoxy groups -OCH3 is 1. The molecule has 0 aromatic heterocycles. The molecule has 23 heavy (non-hydrogen) atoms. The van der Waals surface area contributed by atoms with Crippen LogP contribution in [-0.2, 0) is 11.2 Å². The first kappa shape index (κ1) is 16.8. The van der Waals surface area contributed by atoms with Crippen molar-refractivity contribution in [3.8, 4) is 5.75 Å². The SMILES string of the molecule is COC(=O)c1ccc(OCCc2ccccc2Cl)c([N+](=O)[O-])c1. The molecule has 0 saturated carbocycles. The Balaban J connectivity index is 2.11. The summed E-state index contributed by atoms with van der Waals surface area (Å²) in [7, 11) is 1.21. The molecule has 120 valence electrons. The zero-order valence-electron chi connectivity index (χ0n) is 12.3. The van der Waals surface area contributed by atoms with Crippen LogP contribution in [0.2, 0.25) is 5.02 Å². The average Bonchev–Trinajstić information content (AvgIpc) is 2.56. The number of carbonyl (C=O) groups excluding carboxylic acids is 1. The molecule has 0 saturated heterocycles. The molecule has 0 aliphatic rings. The van der Waals surface area contributed by atoms with E-state index in [0.29, 0.717) is 11.4 Å². The monoisotopic (exact) mass is 335 g/mol. The molecule has 7 heteroatoms. The number of carbonyl (C=O) groups is 1. The first-order valence-electron chi connectivity index (χ1n) is 6.76. The molecule has 2 aromatic rings. The minimum atomic E-state index is -0.643. The zero-order valence-corrected chi connectivity index (χ0v) is 13.1. The minimum absolute atomic E-state index is 0.0923. The van der Waals surface area contributed by atoms with Gasteiger partial charge in [-0.3, -0.25) is 10.1 Å². The predicted molar refractivity (Wildman–Crippen MR) is 85.1 cm³/mol. The molecule has 2 aromatic carbocycles. The lowest BCUT2D eigenvalue weighted by atomic mass is 10.1. The highest BCUT2D eigenvalue weighted by Crippen LogP contribution is 2.28. The topological polar surface area (TPSA) is 78.7 Å². The molecule has 0 amide bonds. The molecule has 2 rings (SSSR count). The molecule has 6 nitrogen and oxygen atoms in total. The van der Waals surface area contributed by atoms with E-state index in [1.807, 2.05) is 18.2 Å². The molecule has 0 fully saturated rings. The summed E-state index contributed by atoms with van der Waals surface area (Å²) in [6.07, 6.45) is 0.510. The van der Waals surface area contributed by atoms with Gasteiger partial charge in [0.1, 0.15) is 0 Å². The van der Waals surface area contributed by atoms with Gasteiger partial charge in [-0.25, -0.2) is 4.79 Å². The van der Waals surface area contributed by atoms with Crippen molar-refractivity contribution < 1.29 is 19.2 Å². The van der Waals surface area contributed by atoms with Gasteiger partial charge in [-0.2, -0.15) is 0 Å². The molecule has 0 bridgehead atoms. The quantitative estimate of drug-likeness (QED) is 0.457. The van der Waals surface area contributed by atoms with Crippen LogP contribution >= 0.6 is 11.6 Å². The van der Waals surface area contributed by atoms with Crippen LogP contribution in [-0.4, -0.2) is 24.6 Å². The summed E-state index contributed by atoms with van der Waals surface area (Å²) in [5.74, 6) is -0.551. The van der Waals surface area contributed by atoms with Gasteiger partial charge in [0.15, 0.2) is 5.75 Å². The van der Waals surface area contributed by atoms with E-state index >= 15 is 0 Å². The fraction of sp³-hybridized carbons (Fsp3) is 0.188. The number of esters is 1. The highest BCUT2D eigenvalue weighted by molar-refractivity contribution is 6.31. The number of nitrogens with zero attached hydrogens (tertiary/aromatic N) is 1. The van der Waals surface area contributed by atoms with Crippen LogP contribution in [0.15, 0.2) is 42.5 Å². The average molecular weight is 336 g/mol. The largest absolute Gasteiger partial charge is 0.486 e. The normalized spacial score (nSPS) is 10.2. The van der Waals surface area contributed by atoms with Gasteiger partial charge in [0.2, 0.25) is 0 Å². The lowest BCUT2D eigenvalue weighted by Crippen LogP contribution is -2.06. The van der Waals surface area contributed by atoms with Crippen molar-refractivity contribution in [3.05, 3.63) is 68.7 Å². The smallest absolute Gasteiger partial charge is 0.338 e. The lowest BCUT2D eigenvalue weighted by molar-refractivity contribution is -0.385. The fourth-order valence-electron chi connectivity index (χ4n) is 2.00. The standard InChI is InChI=1S/C16H14ClNO5/c1-22-16(19)12-6-7-15(14(10-12)18(20)21)23-9-8-11-4-2-3-5-13(11)17/h2-7,10H,8-9H2,1H3. The van der Waals surface area contributed by atoms with Gasteiger partial charge in [0.05, 0.1) is 24.2 Å². The van der Waals surface area contributed by atoms with Gasteiger partial charge in [-0.1, -0.05) is 29.8 Å². The third-order valence-corrected chi connectivity index (χ3v) is 3.53. The van der Waals surface area contributed by atoms with Crippen molar-refractivity contribution in [2.45, 2.75) is 6.42 Å². The van der Waals surface area contributed by atoms with Crippen molar-refractivity contribution in [1.82, 2.24) is 0 Å². The van der Waals surface area contributed by atoms with E-state index in [9.17, 15) is 14.9 Å². The molecule has 0 unspecified atom stereocenters. The van der Waals surface area contributed by atoms with Crippen LogP contribution in [0.3, 0.4) is 0 Å². The van der Waals surface area contributed by atoms with Gasteiger partial charge in [0.25, 0.3) is 0 Å². The number of nitro groups is 1. The number of rotatable bonds is 6. The van der Waals surface area contributed by atoms with Crippen molar-refractivity contribution in [3.63, 3.8) is 0 Å². The van der Waals surface area contributed by atoms with Gasteiger partial charge in [0, 0.05) is 17.5 Å². The number of hydrogen-bond acceptors (Lipinski definition) is 5. The van der Waals surface area contributed by atoms with Crippen LogP contribution in [0.5, 0.6) is 5.75 Å². The second-order valence-electron chi connectivity index (χ2n) is 4.62. The first-order valence-corrected chi connectivity index (χ1v) is 7.13. The highest BCUT2D eigenvalue weighted by atomic mass is 35.5. The second-order valence-corrected chi connectivity index (χ2v) is 5.03. The summed E-state index contributed by atoms with van der Waals surface area (Å²) >= 11 is 6.04. The predicted octanol–water partition coefficient (Wildman–Crippen LogP) is 3.66. The fourth-order valence-corrected chi connectivity index (χ4v) is 2.23.